The number of nitrogens with one attached hydrogen (secondary N) is 2. The van der Waals surface area contributed by atoms with E-state index < -0.39 is 0 Å². The topological polar surface area (TPSA) is 58.1 Å². The highest BCUT2D eigenvalue weighted by Gasteiger charge is 2.20. The summed E-state index contributed by atoms with van der Waals surface area (Å²) in [4.78, 5) is 6.68. The first-order chi connectivity index (χ1) is 15.2. The summed E-state index contributed by atoms with van der Waals surface area (Å²) < 4.78 is 24.6. The van der Waals surface area contributed by atoms with Gasteiger partial charge in [0.25, 0.3) is 0 Å². The summed E-state index contributed by atoms with van der Waals surface area (Å²) in [6.45, 7) is 4.61. The molecule has 2 N–H and O–H groups in total. The summed E-state index contributed by atoms with van der Waals surface area (Å²) in [6, 6.07) is 15.7. The van der Waals surface area contributed by atoms with Crippen molar-refractivity contribution >= 4 is 5.96 Å². The van der Waals surface area contributed by atoms with Gasteiger partial charge in [0.15, 0.2) is 17.5 Å². The SMILES string of the molecule is CN=C(NCCOCc1ccccc1)NC1CCN(Cc2ccc(OC)c(F)c2)CC1. The number of likely N-dealkylation sites (tertiary alicyclic amines) is 1. The van der Waals surface area contributed by atoms with Crippen molar-refractivity contribution in [2.24, 2.45) is 4.99 Å². The Morgan fingerprint density at radius 1 is 1.13 bits per heavy atom. The van der Waals surface area contributed by atoms with Gasteiger partial charge in [0.2, 0.25) is 0 Å². The molecule has 6 nitrogen and oxygen atoms in total. The van der Waals surface area contributed by atoms with Gasteiger partial charge in [0.1, 0.15) is 0 Å². The molecule has 1 aliphatic rings. The molecule has 0 radical (unpaired) electrons. The molecule has 0 aliphatic carbocycles. The minimum Gasteiger partial charge on any atom is -0.494 e. The maximum absolute atomic E-state index is 13.9. The van der Waals surface area contributed by atoms with Crippen LogP contribution < -0.4 is 15.4 Å². The second kappa shape index (κ2) is 12.3. The molecule has 0 amide bonds. The van der Waals surface area contributed by atoms with Crippen molar-refractivity contribution < 1.29 is 13.9 Å². The number of halogens is 1. The van der Waals surface area contributed by atoms with E-state index >= 15 is 0 Å². The molecule has 0 saturated carbocycles. The Bertz CT molecular complexity index is 824. The summed E-state index contributed by atoms with van der Waals surface area (Å²) in [7, 11) is 3.27. The van der Waals surface area contributed by atoms with Gasteiger partial charge >= 0.3 is 0 Å². The largest absolute Gasteiger partial charge is 0.494 e. The predicted molar refractivity (Wildman–Crippen MR) is 122 cm³/mol. The number of rotatable bonds is 9. The Kier molecular flexibility index (Phi) is 9.12. The van der Waals surface area contributed by atoms with Crippen LogP contribution in [0.5, 0.6) is 5.75 Å². The second-order valence-corrected chi connectivity index (χ2v) is 7.70. The summed E-state index contributed by atoms with van der Waals surface area (Å²) in [5.74, 6) is 0.786. The van der Waals surface area contributed by atoms with E-state index in [9.17, 15) is 4.39 Å². The summed E-state index contributed by atoms with van der Waals surface area (Å²) >= 11 is 0. The van der Waals surface area contributed by atoms with Gasteiger partial charge in [-0.3, -0.25) is 9.89 Å². The van der Waals surface area contributed by atoms with Gasteiger partial charge in [-0.15, -0.1) is 0 Å². The molecule has 0 bridgehead atoms. The van der Waals surface area contributed by atoms with Gasteiger partial charge in [0, 0.05) is 39.3 Å². The highest BCUT2D eigenvalue weighted by Crippen LogP contribution is 2.20. The molecule has 1 saturated heterocycles. The molecule has 0 atom stereocenters. The molecule has 3 rings (SSSR count). The Morgan fingerprint density at radius 3 is 2.58 bits per heavy atom. The normalized spacial score (nSPS) is 15.6. The number of aliphatic imine (C=N–C) groups is 1. The first-order valence-corrected chi connectivity index (χ1v) is 10.8. The zero-order valence-corrected chi connectivity index (χ0v) is 18.4. The Hall–Kier alpha value is -2.64. The van der Waals surface area contributed by atoms with Crippen LogP contribution in [0, 0.1) is 5.82 Å². The van der Waals surface area contributed by atoms with E-state index in [2.05, 4.69) is 32.7 Å². The first-order valence-electron chi connectivity index (χ1n) is 10.8. The standard InChI is InChI=1S/C24H33FN4O2/c1-26-24(27-12-15-31-18-19-6-4-3-5-7-19)28-21-10-13-29(14-11-21)17-20-8-9-23(30-2)22(25)16-20/h3-9,16,21H,10-15,17-18H2,1-2H3,(H2,26,27,28). The van der Waals surface area contributed by atoms with E-state index in [0.29, 0.717) is 25.8 Å². The van der Waals surface area contributed by atoms with Gasteiger partial charge in [0.05, 0.1) is 20.3 Å². The number of guanidine groups is 1. The number of nitrogens with zero attached hydrogens (tertiary/aromatic N) is 2. The van der Waals surface area contributed by atoms with Gasteiger partial charge in [-0.25, -0.2) is 4.39 Å². The molecule has 1 aliphatic heterocycles. The fourth-order valence-electron chi connectivity index (χ4n) is 3.70. The third-order valence-electron chi connectivity index (χ3n) is 5.42. The highest BCUT2D eigenvalue weighted by atomic mass is 19.1. The fourth-order valence-corrected chi connectivity index (χ4v) is 3.70. The lowest BCUT2D eigenvalue weighted by atomic mass is 10.0. The summed E-state index contributed by atoms with van der Waals surface area (Å²) in [5.41, 5.74) is 2.15. The molecular weight excluding hydrogens is 395 g/mol. The lowest BCUT2D eigenvalue weighted by Crippen LogP contribution is -2.49. The highest BCUT2D eigenvalue weighted by molar-refractivity contribution is 5.79. The quantitative estimate of drug-likeness (QED) is 0.365. The van der Waals surface area contributed by atoms with Crippen LogP contribution in [0.2, 0.25) is 0 Å². The van der Waals surface area contributed by atoms with Crippen LogP contribution in [0.3, 0.4) is 0 Å². The second-order valence-electron chi connectivity index (χ2n) is 7.70. The first kappa shape index (κ1) is 23.0. The Labute approximate surface area is 184 Å². The van der Waals surface area contributed by atoms with Crippen LogP contribution in [0.15, 0.2) is 53.5 Å². The number of hydrogen-bond donors (Lipinski definition) is 2. The van der Waals surface area contributed by atoms with E-state index in [1.54, 1.807) is 19.2 Å². The molecule has 0 spiro atoms. The molecule has 168 valence electrons. The van der Waals surface area contributed by atoms with E-state index in [1.807, 2.05) is 24.3 Å². The maximum atomic E-state index is 13.9. The Morgan fingerprint density at radius 2 is 1.90 bits per heavy atom. The van der Waals surface area contributed by atoms with Gasteiger partial charge in [-0.1, -0.05) is 36.4 Å². The molecule has 1 fully saturated rings. The number of ether oxygens (including phenoxy) is 2. The molecular formula is C24H33FN4O2. The van der Waals surface area contributed by atoms with Crippen molar-refractivity contribution in [1.29, 1.82) is 0 Å². The van der Waals surface area contributed by atoms with Crippen LogP contribution in [0.4, 0.5) is 4.39 Å². The molecule has 0 aromatic heterocycles. The molecule has 31 heavy (non-hydrogen) atoms. The van der Waals surface area contributed by atoms with E-state index in [4.69, 9.17) is 9.47 Å². The van der Waals surface area contributed by atoms with Crippen LogP contribution in [0.25, 0.3) is 0 Å². The maximum Gasteiger partial charge on any atom is 0.191 e. The van der Waals surface area contributed by atoms with Crippen molar-refractivity contribution in [2.75, 3.05) is 40.4 Å². The monoisotopic (exact) mass is 428 g/mol. The minimum absolute atomic E-state index is 0.288. The van der Waals surface area contributed by atoms with Crippen molar-refractivity contribution in [3.63, 3.8) is 0 Å². The summed E-state index contributed by atoms with van der Waals surface area (Å²) in [5, 5.41) is 6.82. The number of hydrogen-bond acceptors (Lipinski definition) is 4. The lowest BCUT2D eigenvalue weighted by Gasteiger charge is -2.33. The van der Waals surface area contributed by atoms with Crippen LogP contribution in [0.1, 0.15) is 24.0 Å². The van der Waals surface area contributed by atoms with E-state index in [0.717, 1.165) is 44.0 Å². The van der Waals surface area contributed by atoms with Crippen LogP contribution >= 0.6 is 0 Å². The van der Waals surface area contributed by atoms with Crippen LogP contribution in [-0.2, 0) is 17.9 Å². The van der Waals surface area contributed by atoms with Crippen LogP contribution in [-0.4, -0.2) is 57.3 Å². The zero-order chi connectivity index (χ0) is 21.9. The average molecular weight is 429 g/mol. The van der Waals surface area contributed by atoms with Crippen molar-refractivity contribution in [3.8, 4) is 5.75 Å². The predicted octanol–water partition coefficient (Wildman–Crippen LogP) is 3.18. The lowest BCUT2D eigenvalue weighted by molar-refractivity contribution is 0.125. The van der Waals surface area contributed by atoms with E-state index in [1.165, 1.54) is 12.7 Å². The fraction of sp³-hybridized carbons (Fsp3) is 0.458. The molecule has 2 aromatic carbocycles. The Balaban J connectivity index is 1.33. The third kappa shape index (κ3) is 7.52. The van der Waals surface area contributed by atoms with Gasteiger partial charge in [-0.2, -0.15) is 0 Å². The summed E-state index contributed by atoms with van der Waals surface area (Å²) in [6.07, 6.45) is 2.04. The molecule has 0 unspecified atom stereocenters. The smallest absolute Gasteiger partial charge is 0.191 e. The van der Waals surface area contributed by atoms with Gasteiger partial charge in [-0.05, 0) is 36.1 Å². The van der Waals surface area contributed by atoms with Crippen molar-refractivity contribution in [2.45, 2.75) is 32.0 Å². The van der Waals surface area contributed by atoms with Crippen molar-refractivity contribution in [1.82, 2.24) is 15.5 Å². The molecule has 1 heterocycles. The van der Waals surface area contributed by atoms with Crippen molar-refractivity contribution in [3.05, 3.63) is 65.5 Å². The van der Waals surface area contributed by atoms with E-state index in [-0.39, 0.29) is 11.6 Å². The minimum atomic E-state index is -0.306. The number of methoxy groups -OCH3 is 1. The van der Waals surface area contributed by atoms with Gasteiger partial charge < -0.3 is 20.1 Å². The third-order valence-corrected chi connectivity index (χ3v) is 5.42. The molecule has 7 heteroatoms. The number of benzene rings is 2. The molecule has 2 aromatic rings. The zero-order valence-electron chi connectivity index (χ0n) is 18.4. The number of piperidine rings is 1. The average Bonchev–Trinajstić information content (AvgIpc) is 2.80.